The maximum Gasteiger partial charge on any atom is 0.276 e. The van der Waals surface area contributed by atoms with E-state index in [2.05, 4.69) is 22.3 Å². The molecule has 0 saturated carbocycles. The third-order valence-electron chi connectivity index (χ3n) is 2.82. The molecule has 0 unspecified atom stereocenters. The lowest BCUT2D eigenvalue weighted by atomic mass is 10.3. The summed E-state index contributed by atoms with van der Waals surface area (Å²) in [6.07, 6.45) is 4.50. The predicted molar refractivity (Wildman–Crippen MR) is 80.0 cm³/mol. The highest BCUT2D eigenvalue weighted by Gasteiger charge is 2.12. The van der Waals surface area contributed by atoms with E-state index in [4.69, 9.17) is 5.73 Å². The van der Waals surface area contributed by atoms with Gasteiger partial charge in [0.1, 0.15) is 11.5 Å². The van der Waals surface area contributed by atoms with Gasteiger partial charge in [-0.05, 0) is 13.0 Å². The molecule has 0 fully saturated rings. The Morgan fingerprint density at radius 2 is 2.40 bits per heavy atom. The van der Waals surface area contributed by atoms with Gasteiger partial charge in [0, 0.05) is 24.4 Å². The second kappa shape index (κ2) is 7.16. The molecular formula is C13H19N5OS. The van der Waals surface area contributed by atoms with E-state index < -0.39 is 0 Å². The number of carbonyl (C=O) groups excluding carboxylic acids is 1. The van der Waals surface area contributed by atoms with Crippen LogP contribution in [-0.4, -0.2) is 27.2 Å². The SMILES string of the molecule is CCCCn1nccc1NC(=O)c1csc(CCN)n1. The van der Waals surface area contributed by atoms with Gasteiger partial charge in [0.2, 0.25) is 0 Å². The molecule has 0 aliphatic rings. The van der Waals surface area contributed by atoms with Crippen LogP contribution in [0.1, 0.15) is 35.3 Å². The lowest BCUT2D eigenvalue weighted by Gasteiger charge is -2.07. The average Bonchev–Trinajstić information content (AvgIpc) is 3.06. The topological polar surface area (TPSA) is 85.8 Å². The van der Waals surface area contributed by atoms with E-state index >= 15 is 0 Å². The molecule has 0 saturated heterocycles. The van der Waals surface area contributed by atoms with Crippen LogP contribution in [0.3, 0.4) is 0 Å². The number of hydrogen-bond donors (Lipinski definition) is 2. The van der Waals surface area contributed by atoms with Crippen molar-refractivity contribution in [2.75, 3.05) is 11.9 Å². The van der Waals surface area contributed by atoms with Crippen LogP contribution in [0.5, 0.6) is 0 Å². The highest BCUT2D eigenvalue weighted by atomic mass is 32.1. The number of aromatic nitrogens is 3. The monoisotopic (exact) mass is 293 g/mol. The highest BCUT2D eigenvalue weighted by Crippen LogP contribution is 2.13. The molecule has 2 heterocycles. The van der Waals surface area contributed by atoms with Crippen LogP contribution in [0.25, 0.3) is 0 Å². The number of amides is 1. The van der Waals surface area contributed by atoms with Gasteiger partial charge >= 0.3 is 0 Å². The largest absolute Gasteiger partial charge is 0.330 e. The van der Waals surface area contributed by atoms with Gasteiger partial charge in [-0.15, -0.1) is 11.3 Å². The molecule has 0 atom stereocenters. The molecule has 7 heteroatoms. The molecule has 20 heavy (non-hydrogen) atoms. The number of thiazole rings is 1. The summed E-state index contributed by atoms with van der Waals surface area (Å²) in [7, 11) is 0. The number of rotatable bonds is 7. The molecule has 1 amide bonds. The summed E-state index contributed by atoms with van der Waals surface area (Å²) in [4.78, 5) is 16.4. The average molecular weight is 293 g/mol. The van der Waals surface area contributed by atoms with Crippen molar-refractivity contribution in [3.8, 4) is 0 Å². The molecule has 0 bridgehead atoms. The van der Waals surface area contributed by atoms with E-state index in [1.165, 1.54) is 11.3 Å². The number of nitrogens with two attached hydrogens (primary N) is 1. The van der Waals surface area contributed by atoms with Crippen LogP contribution in [0.2, 0.25) is 0 Å². The van der Waals surface area contributed by atoms with Crippen molar-refractivity contribution in [3.05, 3.63) is 28.3 Å². The number of hydrogen-bond acceptors (Lipinski definition) is 5. The summed E-state index contributed by atoms with van der Waals surface area (Å²) in [5.41, 5.74) is 5.91. The molecule has 3 N–H and O–H groups in total. The van der Waals surface area contributed by atoms with Crippen LogP contribution in [-0.2, 0) is 13.0 Å². The molecule has 0 aliphatic heterocycles. The Hall–Kier alpha value is -1.73. The Balaban J connectivity index is 2.01. The normalized spacial score (nSPS) is 10.7. The Labute approximate surface area is 122 Å². The van der Waals surface area contributed by atoms with Gasteiger partial charge in [0.25, 0.3) is 5.91 Å². The molecule has 2 aromatic rings. The van der Waals surface area contributed by atoms with Crippen molar-refractivity contribution >= 4 is 23.1 Å². The van der Waals surface area contributed by atoms with Gasteiger partial charge in [-0.1, -0.05) is 13.3 Å². The number of carbonyl (C=O) groups is 1. The second-order valence-electron chi connectivity index (χ2n) is 4.41. The molecular weight excluding hydrogens is 274 g/mol. The summed E-state index contributed by atoms with van der Waals surface area (Å²) in [5, 5.41) is 9.69. The maximum absolute atomic E-state index is 12.1. The van der Waals surface area contributed by atoms with Crippen molar-refractivity contribution in [2.45, 2.75) is 32.7 Å². The van der Waals surface area contributed by atoms with Crippen LogP contribution in [0, 0.1) is 0 Å². The van der Waals surface area contributed by atoms with E-state index in [1.54, 1.807) is 22.3 Å². The Kier molecular flexibility index (Phi) is 5.25. The molecule has 6 nitrogen and oxygen atoms in total. The smallest absolute Gasteiger partial charge is 0.276 e. The first-order valence-electron chi connectivity index (χ1n) is 6.72. The fourth-order valence-electron chi connectivity index (χ4n) is 1.76. The van der Waals surface area contributed by atoms with Crippen molar-refractivity contribution in [1.82, 2.24) is 14.8 Å². The molecule has 108 valence electrons. The number of nitrogens with zero attached hydrogens (tertiary/aromatic N) is 3. The number of nitrogens with one attached hydrogen (secondary N) is 1. The molecule has 0 aliphatic carbocycles. The maximum atomic E-state index is 12.1. The van der Waals surface area contributed by atoms with Crippen molar-refractivity contribution in [2.24, 2.45) is 5.73 Å². The highest BCUT2D eigenvalue weighted by molar-refractivity contribution is 7.09. The first-order valence-corrected chi connectivity index (χ1v) is 7.60. The van der Waals surface area contributed by atoms with E-state index in [0.29, 0.717) is 24.5 Å². The molecule has 0 radical (unpaired) electrons. The standard InChI is InChI=1S/C13H19N5OS/c1-2-3-8-18-11(5-7-15-18)17-13(19)10-9-20-12(16-10)4-6-14/h5,7,9H,2-4,6,8,14H2,1H3,(H,17,19). The second-order valence-corrected chi connectivity index (χ2v) is 5.36. The Morgan fingerprint density at radius 3 is 3.15 bits per heavy atom. The van der Waals surface area contributed by atoms with Crippen LogP contribution < -0.4 is 11.1 Å². The van der Waals surface area contributed by atoms with Gasteiger partial charge in [-0.25, -0.2) is 9.67 Å². The first kappa shape index (κ1) is 14.7. The molecule has 2 aromatic heterocycles. The summed E-state index contributed by atoms with van der Waals surface area (Å²) >= 11 is 1.46. The number of aryl methyl sites for hydroxylation is 1. The minimum atomic E-state index is -0.206. The van der Waals surface area contributed by atoms with E-state index in [1.807, 2.05) is 0 Å². The zero-order valence-electron chi connectivity index (χ0n) is 11.5. The minimum Gasteiger partial charge on any atom is -0.330 e. The zero-order chi connectivity index (χ0) is 14.4. The van der Waals surface area contributed by atoms with Crippen molar-refractivity contribution < 1.29 is 4.79 Å². The van der Waals surface area contributed by atoms with Gasteiger partial charge in [0.05, 0.1) is 11.2 Å². The Bertz CT molecular complexity index is 563. The van der Waals surface area contributed by atoms with E-state index in [9.17, 15) is 4.79 Å². The van der Waals surface area contributed by atoms with E-state index in [-0.39, 0.29) is 5.91 Å². The number of unbranched alkanes of at least 4 members (excludes halogenated alkanes) is 1. The van der Waals surface area contributed by atoms with Gasteiger partial charge < -0.3 is 11.1 Å². The summed E-state index contributed by atoms with van der Waals surface area (Å²) in [6, 6.07) is 1.79. The van der Waals surface area contributed by atoms with Crippen LogP contribution in [0.15, 0.2) is 17.6 Å². The minimum absolute atomic E-state index is 0.206. The number of anilines is 1. The third-order valence-corrected chi connectivity index (χ3v) is 3.73. The lowest BCUT2D eigenvalue weighted by molar-refractivity contribution is 0.102. The summed E-state index contributed by atoms with van der Waals surface area (Å²) < 4.78 is 1.80. The fourth-order valence-corrected chi connectivity index (χ4v) is 2.55. The van der Waals surface area contributed by atoms with Crippen molar-refractivity contribution in [1.29, 1.82) is 0 Å². The van der Waals surface area contributed by atoms with Gasteiger partial charge in [-0.2, -0.15) is 5.10 Å². The summed E-state index contributed by atoms with van der Waals surface area (Å²) in [6.45, 7) is 3.46. The zero-order valence-corrected chi connectivity index (χ0v) is 12.3. The quantitative estimate of drug-likeness (QED) is 0.816. The van der Waals surface area contributed by atoms with Crippen LogP contribution >= 0.6 is 11.3 Å². The molecule has 0 spiro atoms. The van der Waals surface area contributed by atoms with Gasteiger partial charge in [-0.3, -0.25) is 4.79 Å². The first-order chi connectivity index (χ1) is 9.74. The third kappa shape index (κ3) is 3.64. The molecule has 0 aromatic carbocycles. The summed E-state index contributed by atoms with van der Waals surface area (Å²) in [5.74, 6) is 0.500. The predicted octanol–water partition coefficient (Wildman–Crippen LogP) is 1.89. The Morgan fingerprint density at radius 1 is 1.55 bits per heavy atom. The molecule has 2 rings (SSSR count). The van der Waals surface area contributed by atoms with Gasteiger partial charge in [0.15, 0.2) is 0 Å². The fraction of sp³-hybridized carbons (Fsp3) is 0.462. The van der Waals surface area contributed by atoms with Crippen LogP contribution in [0.4, 0.5) is 5.82 Å². The van der Waals surface area contributed by atoms with Crippen molar-refractivity contribution in [3.63, 3.8) is 0 Å². The van der Waals surface area contributed by atoms with E-state index in [0.717, 1.165) is 24.4 Å². The lowest BCUT2D eigenvalue weighted by Crippen LogP contribution is -2.16.